The molecular weight excluding hydrogens is 492 g/mol. The van der Waals surface area contributed by atoms with E-state index in [0.29, 0.717) is 40.5 Å². The molecule has 0 amide bonds. The number of fused-ring (bicyclic) bond motifs is 1. The van der Waals surface area contributed by atoms with Gasteiger partial charge in [-0.1, -0.05) is 23.7 Å². The molecule has 1 fully saturated rings. The van der Waals surface area contributed by atoms with Gasteiger partial charge in [-0.05, 0) is 60.5 Å². The van der Waals surface area contributed by atoms with Gasteiger partial charge < -0.3 is 24.2 Å². The predicted molar refractivity (Wildman–Crippen MR) is 144 cm³/mol. The minimum absolute atomic E-state index is 0.133. The molecule has 1 N–H and O–H groups in total. The van der Waals surface area contributed by atoms with E-state index in [-0.39, 0.29) is 17.3 Å². The molecule has 0 bridgehead atoms. The number of aromatic hydroxyl groups is 1. The smallest absolute Gasteiger partial charge is 0.232 e. The number of allylic oxidation sites excluding steroid dienone is 1. The lowest BCUT2D eigenvalue weighted by molar-refractivity contribution is 0.101. The molecule has 2 aliphatic heterocycles. The number of anilines is 1. The Labute approximate surface area is 221 Å². The average molecular weight is 521 g/mol. The molecular formula is C29H29ClN2O5. The Morgan fingerprint density at radius 3 is 2.49 bits per heavy atom. The van der Waals surface area contributed by atoms with E-state index in [0.717, 1.165) is 42.5 Å². The number of hydrogen-bond donors (Lipinski definition) is 1. The Morgan fingerprint density at radius 1 is 1.03 bits per heavy atom. The van der Waals surface area contributed by atoms with Gasteiger partial charge in [0.25, 0.3) is 0 Å². The van der Waals surface area contributed by atoms with Gasteiger partial charge in [-0.25, -0.2) is 0 Å². The fourth-order valence-corrected chi connectivity index (χ4v) is 5.07. The second-order valence-corrected chi connectivity index (χ2v) is 9.63. The Hall–Kier alpha value is -3.68. The fourth-order valence-electron chi connectivity index (χ4n) is 4.89. The number of piperazine rings is 1. The molecule has 0 saturated carbocycles. The van der Waals surface area contributed by atoms with Crippen molar-refractivity contribution in [3.05, 3.63) is 81.6 Å². The second kappa shape index (κ2) is 10.4. The maximum atomic E-state index is 13.3. The minimum Gasteiger partial charge on any atom is -0.507 e. The molecule has 0 aliphatic carbocycles. The second-order valence-electron chi connectivity index (χ2n) is 9.19. The van der Waals surface area contributed by atoms with Crippen LogP contribution in [-0.2, 0) is 6.54 Å². The van der Waals surface area contributed by atoms with E-state index >= 15 is 0 Å². The van der Waals surface area contributed by atoms with Crippen LogP contribution in [-0.4, -0.2) is 56.2 Å². The highest BCUT2D eigenvalue weighted by Gasteiger charge is 2.34. The van der Waals surface area contributed by atoms with Crippen LogP contribution in [0.5, 0.6) is 23.0 Å². The van der Waals surface area contributed by atoms with Crippen LogP contribution in [0.2, 0.25) is 5.02 Å². The first-order chi connectivity index (χ1) is 17.9. The van der Waals surface area contributed by atoms with Crippen molar-refractivity contribution in [1.29, 1.82) is 0 Å². The summed E-state index contributed by atoms with van der Waals surface area (Å²) in [6.07, 6.45) is 1.69. The summed E-state index contributed by atoms with van der Waals surface area (Å²) in [5.74, 6) is 1.74. The van der Waals surface area contributed by atoms with Crippen LogP contribution < -0.4 is 19.1 Å². The van der Waals surface area contributed by atoms with E-state index in [4.69, 9.17) is 25.8 Å². The lowest BCUT2D eigenvalue weighted by Gasteiger charge is -2.36. The first-order valence-electron chi connectivity index (χ1n) is 12.1. The van der Waals surface area contributed by atoms with Crippen LogP contribution >= 0.6 is 11.6 Å². The van der Waals surface area contributed by atoms with Gasteiger partial charge in [-0.15, -0.1) is 0 Å². The van der Waals surface area contributed by atoms with Crippen molar-refractivity contribution in [2.75, 3.05) is 45.3 Å². The molecule has 2 heterocycles. The minimum atomic E-state index is -0.200. The van der Waals surface area contributed by atoms with Crippen LogP contribution in [0.4, 0.5) is 5.69 Å². The van der Waals surface area contributed by atoms with Gasteiger partial charge in [0.15, 0.2) is 17.3 Å². The van der Waals surface area contributed by atoms with Crippen molar-refractivity contribution in [2.24, 2.45) is 0 Å². The van der Waals surface area contributed by atoms with E-state index in [9.17, 15) is 9.90 Å². The van der Waals surface area contributed by atoms with Crippen molar-refractivity contribution in [3.63, 3.8) is 0 Å². The summed E-state index contributed by atoms with van der Waals surface area (Å²) < 4.78 is 16.8. The van der Waals surface area contributed by atoms with Crippen LogP contribution in [0, 0.1) is 6.92 Å². The number of Topliss-reactive ketones (excluding diaryl/α,β-unsaturated/α-hetero) is 1. The Kier molecular flexibility index (Phi) is 7.00. The number of halogens is 1. The number of benzene rings is 3. The monoisotopic (exact) mass is 520 g/mol. The summed E-state index contributed by atoms with van der Waals surface area (Å²) >= 11 is 6.17. The van der Waals surface area contributed by atoms with Crippen LogP contribution in [0.15, 0.2) is 54.3 Å². The number of hydrogen-bond acceptors (Lipinski definition) is 7. The maximum Gasteiger partial charge on any atom is 0.232 e. The largest absolute Gasteiger partial charge is 0.507 e. The number of carbonyl (C=O) groups excluding carboxylic acids is 1. The molecule has 192 valence electrons. The molecule has 0 aromatic heterocycles. The van der Waals surface area contributed by atoms with Crippen molar-refractivity contribution < 1.29 is 24.1 Å². The number of carbonyl (C=O) groups is 1. The highest BCUT2D eigenvalue weighted by Crippen LogP contribution is 2.42. The number of phenolic OH excluding ortho intramolecular Hbond substituents is 1. The summed E-state index contributed by atoms with van der Waals surface area (Å²) in [5, 5.41) is 11.6. The molecule has 3 aromatic carbocycles. The topological polar surface area (TPSA) is 71.5 Å². The average Bonchev–Trinajstić information content (AvgIpc) is 3.22. The third-order valence-corrected chi connectivity index (χ3v) is 7.09. The van der Waals surface area contributed by atoms with Crippen LogP contribution in [0.3, 0.4) is 0 Å². The maximum absolute atomic E-state index is 13.3. The van der Waals surface area contributed by atoms with Gasteiger partial charge in [0.05, 0.1) is 25.3 Å². The van der Waals surface area contributed by atoms with E-state index in [1.54, 1.807) is 38.5 Å². The van der Waals surface area contributed by atoms with Crippen LogP contribution in [0.25, 0.3) is 6.08 Å². The molecule has 37 heavy (non-hydrogen) atoms. The number of ketones is 1. The van der Waals surface area contributed by atoms with Gasteiger partial charge in [0.2, 0.25) is 5.78 Å². The molecule has 0 atom stereocenters. The van der Waals surface area contributed by atoms with Gasteiger partial charge in [0, 0.05) is 43.4 Å². The lowest BCUT2D eigenvalue weighted by Crippen LogP contribution is -2.46. The molecule has 7 nitrogen and oxygen atoms in total. The third-order valence-electron chi connectivity index (χ3n) is 6.85. The Morgan fingerprint density at radius 2 is 1.78 bits per heavy atom. The van der Waals surface area contributed by atoms with E-state index < -0.39 is 0 Å². The predicted octanol–water partition coefficient (Wildman–Crippen LogP) is 5.31. The third kappa shape index (κ3) is 4.97. The summed E-state index contributed by atoms with van der Waals surface area (Å²) in [6, 6.07) is 14.9. The standard InChI is InChI=1S/C29H29ClN2O5/c1-18-13-23(33)22(17-31-9-11-32(12-10-31)21-6-4-5-20(30)16-21)29-27(18)28(34)26(37-29)15-19-7-8-24(35-2)25(14-19)36-3/h4-8,13-16,33H,9-12,17H2,1-3H3/b26-15-. The van der Waals surface area contributed by atoms with Gasteiger partial charge in [-0.2, -0.15) is 0 Å². The Balaban J connectivity index is 1.37. The zero-order valence-corrected chi connectivity index (χ0v) is 21.8. The zero-order chi connectivity index (χ0) is 26.1. The van der Waals surface area contributed by atoms with Gasteiger partial charge in [0.1, 0.15) is 11.5 Å². The van der Waals surface area contributed by atoms with Crippen molar-refractivity contribution in [1.82, 2.24) is 4.90 Å². The SMILES string of the molecule is COc1ccc(/C=C2\Oc3c(CN4CCN(c5cccc(Cl)c5)CC4)c(O)cc(C)c3C2=O)cc1OC. The highest BCUT2D eigenvalue weighted by atomic mass is 35.5. The number of rotatable bonds is 6. The Bertz CT molecular complexity index is 1380. The summed E-state index contributed by atoms with van der Waals surface area (Å²) in [7, 11) is 3.14. The molecule has 2 aliphatic rings. The van der Waals surface area contributed by atoms with Crippen molar-refractivity contribution >= 4 is 29.1 Å². The number of phenols is 1. The van der Waals surface area contributed by atoms with Crippen molar-refractivity contribution in [3.8, 4) is 23.0 Å². The number of aryl methyl sites for hydroxylation is 1. The fraction of sp³-hybridized carbons (Fsp3) is 0.276. The van der Waals surface area contributed by atoms with E-state index in [2.05, 4.69) is 15.9 Å². The molecule has 0 spiro atoms. The summed E-state index contributed by atoms with van der Waals surface area (Å²) in [6.45, 7) is 5.56. The summed E-state index contributed by atoms with van der Waals surface area (Å²) in [5.41, 5.74) is 3.65. The van der Waals surface area contributed by atoms with Gasteiger partial charge in [-0.3, -0.25) is 9.69 Å². The molecule has 3 aromatic rings. The summed E-state index contributed by atoms with van der Waals surface area (Å²) in [4.78, 5) is 17.9. The molecule has 0 unspecified atom stereocenters. The first kappa shape index (κ1) is 25.0. The molecule has 1 saturated heterocycles. The van der Waals surface area contributed by atoms with Crippen molar-refractivity contribution in [2.45, 2.75) is 13.5 Å². The normalized spacial score (nSPS) is 16.6. The lowest BCUT2D eigenvalue weighted by atomic mass is 9.99. The van der Waals surface area contributed by atoms with Crippen LogP contribution in [0.1, 0.15) is 27.0 Å². The molecule has 0 radical (unpaired) electrons. The van der Waals surface area contributed by atoms with Gasteiger partial charge >= 0.3 is 0 Å². The quantitative estimate of drug-likeness (QED) is 0.442. The zero-order valence-electron chi connectivity index (χ0n) is 21.1. The number of ether oxygens (including phenoxy) is 3. The van der Waals surface area contributed by atoms with E-state index in [1.165, 1.54) is 0 Å². The number of nitrogens with zero attached hydrogens (tertiary/aromatic N) is 2. The molecule has 5 rings (SSSR count). The number of methoxy groups -OCH3 is 2. The highest BCUT2D eigenvalue weighted by molar-refractivity contribution is 6.30. The first-order valence-corrected chi connectivity index (χ1v) is 12.5. The molecule has 8 heteroatoms. The van der Waals surface area contributed by atoms with E-state index in [1.807, 2.05) is 31.2 Å².